The molecule has 6 heterocycles. The van der Waals surface area contributed by atoms with Gasteiger partial charge in [0.15, 0.2) is 0 Å². The van der Waals surface area contributed by atoms with Gasteiger partial charge in [0.1, 0.15) is 5.69 Å². The van der Waals surface area contributed by atoms with Crippen molar-refractivity contribution in [2.45, 2.75) is 50.5 Å². The number of rotatable bonds is 3. The summed E-state index contributed by atoms with van der Waals surface area (Å²) < 4.78 is 7.93. The third-order valence-electron chi connectivity index (χ3n) is 7.31. The van der Waals surface area contributed by atoms with Gasteiger partial charge in [-0.15, -0.1) is 0 Å². The maximum absolute atomic E-state index is 13.3. The number of hydrogen-bond acceptors (Lipinski definition) is 4. The van der Waals surface area contributed by atoms with E-state index in [1.54, 1.807) is 6.20 Å². The van der Waals surface area contributed by atoms with E-state index in [2.05, 4.69) is 16.0 Å². The number of likely N-dealkylation sites (tertiary alicyclic amines) is 2. The average Bonchev–Trinajstić information content (AvgIpc) is 3.40. The predicted octanol–water partition coefficient (Wildman–Crippen LogP) is 1.80. The van der Waals surface area contributed by atoms with Gasteiger partial charge in [-0.1, -0.05) is 6.07 Å². The Kier molecular flexibility index (Phi) is 4.35. The van der Waals surface area contributed by atoms with Crippen molar-refractivity contribution in [3.63, 3.8) is 0 Å². The molecule has 4 aliphatic heterocycles. The van der Waals surface area contributed by atoms with Gasteiger partial charge < -0.3 is 19.2 Å². The summed E-state index contributed by atoms with van der Waals surface area (Å²) in [5, 5.41) is 0. The first-order chi connectivity index (χ1) is 14.6. The SMILES string of the molecule is O=C(c1ccc[nH]1)N1C[C@@H]2C[C@H](C1)c1ccc(CN3C[C@H]4CC[C@@H](C3)O4)c(=O)n1C2. The summed E-state index contributed by atoms with van der Waals surface area (Å²) in [5.41, 5.74) is 2.78. The first kappa shape index (κ1) is 18.4. The fourth-order valence-corrected chi connectivity index (χ4v) is 5.98. The fourth-order valence-electron chi connectivity index (χ4n) is 5.98. The van der Waals surface area contributed by atoms with Crippen LogP contribution in [-0.4, -0.2) is 63.6 Å². The van der Waals surface area contributed by atoms with Crippen LogP contribution in [-0.2, 0) is 17.8 Å². The van der Waals surface area contributed by atoms with Gasteiger partial charge >= 0.3 is 0 Å². The number of aromatic amines is 1. The van der Waals surface area contributed by atoms with Crippen LogP contribution in [0.25, 0.3) is 0 Å². The molecule has 0 aliphatic carbocycles. The van der Waals surface area contributed by atoms with E-state index in [4.69, 9.17) is 4.74 Å². The molecule has 6 rings (SSSR count). The second kappa shape index (κ2) is 7.10. The number of ether oxygens (including phenoxy) is 1. The summed E-state index contributed by atoms with van der Waals surface area (Å²) in [5.74, 6) is 0.629. The minimum absolute atomic E-state index is 0.0593. The molecule has 3 fully saturated rings. The quantitative estimate of drug-likeness (QED) is 0.841. The topological polar surface area (TPSA) is 70.6 Å². The summed E-state index contributed by atoms with van der Waals surface area (Å²) in [7, 11) is 0. The molecule has 158 valence electrons. The Labute approximate surface area is 175 Å². The molecule has 1 amide bonds. The number of pyridine rings is 1. The summed E-state index contributed by atoms with van der Waals surface area (Å²) in [6, 6.07) is 7.84. The van der Waals surface area contributed by atoms with Crippen molar-refractivity contribution in [1.29, 1.82) is 0 Å². The minimum Gasteiger partial charge on any atom is -0.372 e. The monoisotopic (exact) mass is 408 g/mol. The summed E-state index contributed by atoms with van der Waals surface area (Å²) in [6.45, 7) is 4.68. The molecule has 7 nitrogen and oxygen atoms in total. The Bertz CT molecular complexity index is 1000. The molecule has 0 spiro atoms. The van der Waals surface area contributed by atoms with Crippen molar-refractivity contribution in [1.82, 2.24) is 19.4 Å². The standard InChI is InChI=1S/C23H28N4O3/c28-22-16(11-25-13-18-4-5-19(14-25)30-18)3-6-21-17-8-15(10-27(21)22)9-26(12-17)23(29)20-2-1-7-24-20/h1-3,6-7,15,17-19,24H,4-5,8-14H2/t15-,17+,18-,19+/m0/s1. The van der Waals surface area contributed by atoms with E-state index in [-0.39, 0.29) is 17.4 Å². The number of nitrogens with one attached hydrogen (secondary N) is 1. The van der Waals surface area contributed by atoms with Crippen LogP contribution in [0.5, 0.6) is 0 Å². The number of carbonyl (C=O) groups is 1. The van der Waals surface area contributed by atoms with E-state index in [1.165, 1.54) is 0 Å². The minimum atomic E-state index is 0.0593. The molecule has 0 radical (unpaired) electrons. The second-order valence-corrected chi connectivity index (χ2v) is 9.44. The molecule has 0 saturated carbocycles. The van der Waals surface area contributed by atoms with E-state index in [1.807, 2.05) is 27.7 Å². The van der Waals surface area contributed by atoms with Crippen LogP contribution in [0.15, 0.2) is 35.3 Å². The largest absolute Gasteiger partial charge is 0.372 e. The van der Waals surface area contributed by atoms with E-state index >= 15 is 0 Å². The summed E-state index contributed by atoms with van der Waals surface area (Å²) in [6.07, 6.45) is 5.81. The van der Waals surface area contributed by atoms with E-state index < -0.39 is 0 Å². The number of morpholine rings is 1. The van der Waals surface area contributed by atoms with Crippen LogP contribution in [0.4, 0.5) is 0 Å². The zero-order valence-corrected chi connectivity index (χ0v) is 17.1. The molecule has 0 aromatic carbocycles. The van der Waals surface area contributed by atoms with Gasteiger partial charge in [0, 0.05) is 62.6 Å². The van der Waals surface area contributed by atoms with Gasteiger partial charge in [0.05, 0.1) is 12.2 Å². The molecular formula is C23H28N4O3. The first-order valence-electron chi connectivity index (χ1n) is 11.2. The smallest absolute Gasteiger partial charge is 0.270 e. The number of hydrogen-bond donors (Lipinski definition) is 1. The van der Waals surface area contributed by atoms with Crippen molar-refractivity contribution in [3.8, 4) is 0 Å². The summed E-state index contributed by atoms with van der Waals surface area (Å²) >= 11 is 0. The van der Waals surface area contributed by atoms with Crippen LogP contribution in [0, 0.1) is 5.92 Å². The second-order valence-electron chi connectivity index (χ2n) is 9.44. The molecule has 0 unspecified atom stereocenters. The summed E-state index contributed by atoms with van der Waals surface area (Å²) in [4.78, 5) is 33.5. The first-order valence-corrected chi connectivity index (χ1v) is 11.2. The van der Waals surface area contributed by atoms with Gasteiger partial charge in [-0.05, 0) is 43.4 Å². The molecule has 4 bridgehead atoms. The number of H-pyrrole nitrogens is 1. The lowest BCUT2D eigenvalue weighted by Gasteiger charge is -2.43. The van der Waals surface area contributed by atoms with Crippen LogP contribution < -0.4 is 5.56 Å². The van der Waals surface area contributed by atoms with Crippen molar-refractivity contribution >= 4 is 5.91 Å². The molecule has 4 atom stereocenters. The van der Waals surface area contributed by atoms with Gasteiger partial charge in [-0.2, -0.15) is 0 Å². The molecule has 3 saturated heterocycles. The molecule has 30 heavy (non-hydrogen) atoms. The highest BCUT2D eigenvalue weighted by molar-refractivity contribution is 5.92. The zero-order valence-electron chi connectivity index (χ0n) is 17.1. The van der Waals surface area contributed by atoms with Gasteiger partial charge in [0.25, 0.3) is 11.5 Å². The Hall–Kier alpha value is -2.38. The normalized spacial score (nSPS) is 30.3. The van der Waals surface area contributed by atoms with Crippen molar-refractivity contribution in [2.75, 3.05) is 26.2 Å². The maximum atomic E-state index is 13.3. The average molecular weight is 409 g/mol. The number of carbonyl (C=O) groups excluding carboxylic acids is 1. The molecule has 7 heteroatoms. The van der Waals surface area contributed by atoms with Gasteiger partial charge in [-0.25, -0.2) is 0 Å². The Morgan fingerprint density at radius 3 is 2.67 bits per heavy atom. The number of amides is 1. The zero-order chi connectivity index (χ0) is 20.2. The molecule has 4 aliphatic rings. The predicted molar refractivity (Wildman–Crippen MR) is 111 cm³/mol. The van der Waals surface area contributed by atoms with Crippen LogP contribution in [0.3, 0.4) is 0 Å². The Morgan fingerprint density at radius 1 is 1.07 bits per heavy atom. The number of nitrogens with zero attached hydrogens (tertiary/aromatic N) is 3. The number of piperidine rings is 1. The maximum Gasteiger partial charge on any atom is 0.270 e. The Morgan fingerprint density at radius 2 is 1.90 bits per heavy atom. The third-order valence-corrected chi connectivity index (χ3v) is 7.31. The highest BCUT2D eigenvalue weighted by Gasteiger charge is 2.38. The van der Waals surface area contributed by atoms with Crippen molar-refractivity contribution in [3.05, 3.63) is 57.8 Å². The van der Waals surface area contributed by atoms with Crippen LogP contribution >= 0.6 is 0 Å². The number of fused-ring (bicyclic) bond motifs is 6. The van der Waals surface area contributed by atoms with Gasteiger partial charge in [-0.3, -0.25) is 14.5 Å². The lowest BCUT2D eigenvalue weighted by atomic mass is 9.83. The molecule has 2 aromatic rings. The van der Waals surface area contributed by atoms with Crippen molar-refractivity contribution in [2.24, 2.45) is 5.92 Å². The van der Waals surface area contributed by atoms with Gasteiger partial charge in [0.2, 0.25) is 0 Å². The van der Waals surface area contributed by atoms with E-state index in [0.29, 0.717) is 43.5 Å². The highest BCUT2D eigenvalue weighted by atomic mass is 16.5. The third kappa shape index (κ3) is 3.11. The lowest BCUT2D eigenvalue weighted by Crippen LogP contribution is -2.50. The van der Waals surface area contributed by atoms with E-state index in [9.17, 15) is 9.59 Å². The Balaban J connectivity index is 1.23. The van der Waals surface area contributed by atoms with E-state index in [0.717, 1.165) is 50.2 Å². The molecule has 1 N–H and O–H groups in total. The van der Waals surface area contributed by atoms with Crippen molar-refractivity contribution < 1.29 is 9.53 Å². The molecular weight excluding hydrogens is 380 g/mol. The van der Waals surface area contributed by atoms with Crippen LogP contribution in [0.1, 0.15) is 46.9 Å². The lowest BCUT2D eigenvalue weighted by molar-refractivity contribution is -0.0412. The number of aromatic nitrogens is 2. The fraction of sp³-hybridized carbons (Fsp3) is 0.565. The molecule has 2 aromatic heterocycles. The van der Waals surface area contributed by atoms with Crippen LogP contribution in [0.2, 0.25) is 0 Å². The highest BCUT2D eigenvalue weighted by Crippen LogP contribution is 2.36.